The Labute approximate surface area is 111 Å². The lowest BCUT2D eigenvalue weighted by Gasteiger charge is -2.17. The zero-order valence-electron chi connectivity index (χ0n) is 10.2. The van der Waals surface area contributed by atoms with E-state index in [9.17, 15) is 10.0 Å². The van der Waals surface area contributed by atoms with Gasteiger partial charge in [0.1, 0.15) is 12.2 Å². The van der Waals surface area contributed by atoms with Crippen molar-refractivity contribution in [2.24, 2.45) is 0 Å². The molecule has 2 aromatic carbocycles. The summed E-state index contributed by atoms with van der Waals surface area (Å²) in [6.07, 6.45) is -0.501. The highest BCUT2D eigenvalue weighted by Gasteiger charge is 2.39. The highest BCUT2D eigenvalue weighted by molar-refractivity contribution is 5.84. The van der Waals surface area contributed by atoms with E-state index in [2.05, 4.69) is 5.32 Å². The maximum atomic E-state index is 12.1. The van der Waals surface area contributed by atoms with E-state index in [4.69, 9.17) is 0 Å². The average Bonchev–Trinajstić information content (AvgIpc) is 2.77. The highest BCUT2D eigenvalue weighted by Crippen LogP contribution is 2.30. The van der Waals surface area contributed by atoms with Gasteiger partial charge in [-0.15, -0.1) is 0 Å². The van der Waals surface area contributed by atoms with Crippen LogP contribution in [0.2, 0.25) is 0 Å². The molecule has 0 bridgehead atoms. The molecule has 0 saturated carbocycles. The third-order valence-electron chi connectivity index (χ3n) is 3.29. The normalized spacial score (nSPS) is 22.8. The molecule has 0 spiro atoms. The van der Waals surface area contributed by atoms with Crippen LogP contribution < -0.4 is 5.32 Å². The number of hydrogen-bond donors (Lipinski definition) is 2. The van der Waals surface area contributed by atoms with Crippen molar-refractivity contribution in [2.45, 2.75) is 12.2 Å². The standard InChI is InChI=1S/C15H14N2O2/c18-15-13(11-7-3-1-4-8-11)16-14(17(15)19)12-9-5-2-6-10-12/h1-10,13-14,16,19H. The monoisotopic (exact) mass is 254 g/mol. The molecule has 2 aromatic rings. The van der Waals surface area contributed by atoms with Crippen LogP contribution in [0.1, 0.15) is 23.3 Å². The smallest absolute Gasteiger partial charge is 0.269 e. The summed E-state index contributed by atoms with van der Waals surface area (Å²) in [7, 11) is 0. The molecule has 1 heterocycles. The van der Waals surface area contributed by atoms with Gasteiger partial charge in [0, 0.05) is 0 Å². The Bertz CT molecular complexity index is 571. The van der Waals surface area contributed by atoms with Crippen LogP contribution >= 0.6 is 0 Å². The quantitative estimate of drug-likeness (QED) is 0.808. The number of carbonyl (C=O) groups is 1. The first-order chi connectivity index (χ1) is 9.27. The Morgan fingerprint density at radius 2 is 1.42 bits per heavy atom. The largest absolute Gasteiger partial charge is 0.284 e. The Balaban J connectivity index is 1.90. The first-order valence-electron chi connectivity index (χ1n) is 6.15. The van der Waals surface area contributed by atoms with Crippen molar-refractivity contribution in [1.82, 2.24) is 10.4 Å². The van der Waals surface area contributed by atoms with Crippen molar-refractivity contribution in [3.8, 4) is 0 Å². The van der Waals surface area contributed by atoms with Gasteiger partial charge in [-0.3, -0.25) is 15.3 Å². The van der Waals surface area contributed by atoms with Crippen LogP contribution in [-0.4, -0.2) is 16.2 Å². The Morgan fingerprint density at radius 1 is 0.895 bits per heavy atom. The van der Waals surface area contributed by atoms with E-state index >= 15 is 0 Å². The highest BCUT2D eigenvalue weighted by atomic mass is 16.5. The van der Waals surface area contributed by atoms with Crippen LogP contribution in [0.15, 0.2) is 60.7 Å². The lowest BCUT2D eigenvalue weighted by molar-refractivity contribution is -0.167. The van der Waals surface area contributed by atoms with Gasteiger partial charge in [0.15, 0.2) is 0 Å². The van der Waals surface area contributed by atoms with Crippen molar-refractivity contribution in [3.05, 3.63) is 71.8 Å². The van der Waals surface area contributed by atoms with E-state index in [0.29, 0.717) is 0 Å². The summed E-state index contributed by atoms with van der Waals surface area (Å²) >= 11 is 0. The Kier molecular flexibility index (Phi) is 3.03. The number of rotatable bonds is 2. The van der Waals surface area contributed by atoms with Crippen molar-refractivity contribution in [3.63, 3.8) is 0 Å². The molecule has 1 aliphatic heterocycles. The lowest BCUT2D eigenvalue weighted by atomic mass is 10.1. The van der Waals surface area contributed by atoms with Gasteiger partial charge in [0.25, 0.3) is 5.91 Å². The van der Waals surface area contributed by atoms with Gasteiger partial charge in [-0.1, -0.05) is 60.7 Å². The molecule has 4 heteroatoms. The van der Waals surface area contributed by atoms with Crippen molar-refractivity contribution < 1.29 is 10.0 Å². The topological polar surface area (TPSA) is 52.6 Å². The molecular weight excluding hydrogens is 240 g/mol. The fraction of sp³-hybridized carbons (Fsp3) is 0.133. The summed E-state index contributed by atoms with van der Waals surface area (Å²) < 4.78 is 0. The third kappa shape index (κ3) is 2.12. The maximum Gasteiger partial charge on any atom is 0.269 e. The van der Waals surface area contributed by atoms with E-state index in [-0.39, 0.29) is 5.91 Å². The third-order valence-corrected chi connectivity index (χ3v) is 3.29. The molecule has 0 radical (unpaired) electrons. The maximum absolute atomic E-state index is 12.1. The zero-order valence-corrected chi connectivity index (χ0v) is 10.2. The molecular formula is C15H14N2O2. The van der Waals surface area contributed by atoms with Gasteiger partial charge in [-0.25, -0.2) is 5.06 Å². The fourth-order valence-corrected chi connectivity index (χ4v) is 2.32. The first-order valence-corrected chi connectivity index (χ1v) is 6.15. The van der Waals surface area contributed by atoms with E-state index in [0.717, 1.165) is 16.2 Å². The second-order valence-corrected chi connectivity index (χ2v) is 4.51. The molecule has 1 saturated heterocycles. The number of hydrogen-bond acceptors (Lipinski definition) is 3. The summed E-state index contributed by atoms with van der Waals surface area (Å²) in [4.78, 5) is 12.1. The molecule has 1 fully saturated rings. The van der Waals surface area contributed by atoms with Crippen LogP contribution in [0.4, 0.5) is 0 Å². The summed E-state index contributed by atoms with van der Waals surface area (Å²) in [5, 5.41) is 13.9. The predicted molar refractivity (Wildman–Crippen MR) is 70.1 cm³/mol. The summed E-state index contributed by atoms with van der Waals surface area (Å²) in [6.45, 7) is 0. The molecule has 1 aliphatic rings. The SMILES string of the molecule is O=C1C(c2ccccc2)NC(c2ccccc2)N1O. The van der Waals surface area contributed by atoms with Crippen LogP contribution in [0.25, 0.3) is 0 Å². The second kappa shape index (κ2) is 4.84. The summed E-state index contributed by atoms with van der Waals surface area (Å²) in [5.41, 5.74) is 1.71. The fourth-order valence-electron chi connectivity index (χ4n) is 2.32. The Hall–Kier alpha value is -2.17. The van der Waals surface area contributed by atoms with Gasteiger partial charge in [0.2, 0.25) is 0 Å². The number of benzene rings is 2. The van der Waals surface area contributed by atoms with Crippen LogP contribution in [0, 0.1) is 0 Å². The van der Waals surface area contributed by atoms with Crippen molar-refractivity contribution in [2.75, 3.05) is 0 Å². The van der Waals surface area contributed by atoms with E-state index in [1.54, 1.807) is 0 Å². The second-order valence-electron chi connectivity index (χ2n) is 4.51. The first kappa shape index (κ1) is 11.9. The van der Waals surface area contributed by atoms with Gasteiger partial charge in [-0.05, 0) is 11.1 Å². The van der Waals surface area contributed by atoms with Gasteiger partial charge in [-0.2, -0.15) is 0 Å². The molecule has 2 atom stereocenters. The van der Waals surface area contributed by atoms with Crippen LogP contribution in [0.5, 0.6) is 0 Å². The lowest BCUT2D eigenvalue weighted by Crippen LogP contribution is -2.26. The molecule has 4 nitrogen and oxygen atoms in total. The molecule has 3 rings (SSSR count). The number of carbonyl (C=O) groups excluding carboxylic acids is 1. The average molecular weight is 254 g/mol. The van der Waals surface area contributed by atoms with Crippen LogP contribution in [-0.2, 0) is 4.79 Å². The minimum atomic E-state index is -0.503. The summed E-state index contributed by atoms with van der Waals surface area (Å²) in [5.74, 6) is -0.333. The number of hydroxylamine groups is 2. The molecule has 96 valence electrons. The summed E-state index contributed by atoms with van der Waals surface area (Å²) in [6, 6.07) is 18.3. The minimum Gasteiger partial charge on any atom is -0.284 e. The van der Waals surface area contributed by atoms with Gasteiger partial charge < -0.3 is 0 Å². The molecule has 0 aliphatic carbocycles. The molecule has 2 N–H and O–H groups in total. The minimum absolute atomic E-state index is 0.333. The number of amides is 1. The molecule has 2 unspecified atom stereocenters. The predicted octanol–water partition coefficient (Wildman–Crippen LogP) is 2.25. The molecule has 0 aromatic heterocycles. The Morgan fingerprint density at radius 3 is 2.00 bits per heavy atom. The number of nitrogens with one attached hydrogen (secondary N) is 1. The van der Waals surface area contributed by atoms with E-state index in [1.165, 1.54) is 0 Å². The molecule has 1 amide bonds. The van der Waals surface area contributed by atoms with Crippen molar-refractivity contribution >= 4 is 5.91 Å². The number of nitrogens with zero attached hydrogens (tertiary/aromatic N) is 1. The van der Waals surface area contributed by atoms with Crippen molar-refractivity contribution in [1.29, 1.82) is 0 Å². The van der Waals surface area contributed by atoms with Crippen LogP contribution in [0.3, 0.4) is 0 Å². The van der Waals surface area contributed by atoms with Gasteiger partial charge >= 0.3 is 0 Å². The molecule has 19 heavy (non-hydrogen) atoms. The van der Waals surface area contributed by atoms with E-state index in [1.807, 2.05) is 60.7 Å². The zero-order chi connectivity index (χ0) is 13.2. The van der Waals surface area contributed by atoms with Gasteiger partial charge in [0.05, 0.1) is 0 Å². The van der Waals surface area contributed by atoms with E-state index < -0.39 is 12.2 Å².